The third-order valence-electron chi connectivity index (χ3n) is 6.36. The number of fused-ring (bicyclic) bond motifs is 1. The van der Waals surface area contributed by atoms with E-state index in [9.17, 15) is 4.79 Å². The van der Waals surface area contributed by atoms with E-state index in [0.717, 1.165) is 66.6 Å². The number of pyridine rings is 1. The molecule has 0 atom stereocenters. The molecule has 2 aliphatic rings. The van der Waals surface area contributed by atoms with Crippen LogP contribution in [-0.4, -0.2) is 49.2 Å². The Morgan fingerprint density at radius 2 is 1.59 bits per heavy atom. The predicted molar refractivity (Wildman–Crippen MR) is 123 cm³/mol. The van der Waals surface area contributed by atoms with E-state index < -0.39 is 0 Å². The van der Waals surface area contributed by atoms with Crippen LogP contribution in [0.1, 0.15) is 25.7 Å². The summed E-state index contributed by atoms with van der Waals surface area (Å²) in [7, 11) is 3.26. The summed E-state index contributed by atoms with van der Waals surface area (Å²) in [6.45, 7) is 1.60. The molecule has 6 nitrogen and oxygen atoms in total. The third kappa shape index (κ3) is 4.22. The summed E-state index contributed by atoms with van der Waals surface area (Å²) < 4.78 is 17.0. The van der Waals surface area contributed by atoms with Crippen LogP contribution in [0.3, 0.4) is 0 Å². The molecule has 0 N–H and O–H groups in total. The van der Waals surface area contributed by atoms with Crippen molar-refractivity contribution in [3.05, 3.63) is 48.7 Å². The number of carbonyl (C=O) groups is 1. The van der Waals surface area contributed by atoms with Crippen LogP contribution in [0.15, 0.2) is 48.7 Å². The minimum atomic E-state index is 0.161. The van der Waals surface area contributed by atoms with Crippen molar-refractivity contribution in [2.75, 3.05) is 27.3 Å². The number of ether oxygens (including phenoxy) is 3. The molecule has 2 fully saturated rings. The average Bonchev–Trinajstić information content (AvgIpc) is 3.69. The second-order valence-corrected chi connectivity index (χ2v) is 8.57. The number of piperidine rings is 1. The molecule has 5 rings (SSSR count). The van der Waals surface area contributed by atoms with Crippen LogP contribution in [0.4, 0.5) is 0 Å². The molecule has 1 amide bonds. The molecule has 1 aromatic heterocycles. The summed E-state index contributed by atoms with van der Waals surface area (Å²) in [4.78, 5) is 18.8. The lowest BCUT2D eigenvalue weighted by Crippen LogP contribution is -2.42. The summed E-state index contributed by atoms with van der Waals surface area (Å²) in [5.74, 6) is 2.86. The van der Waals surface area contributed by atoms with E-state index in [0.29, 0.717) is 23.3 Å². The zero-order valence-electron chi connectivity index (χ0n) is 18.5. The van der Waals surface area contributed by atoms with Crippen LogP contribution in [-0.2, 0) is 4.79 Å². The molecule has 1 saturated heterocycles. The lowest BCUT2D eigenvalue weighted by atomic mass is 10.0. The fourth-order valence-corrected chi connectivity index (χ4v) is 4.31. The van der Waals surface area contributed by atoms with Gasteiger partial charge in [0.05, 0.1) is 19.7 Å². The first-order valence-corrected chi connectivity index (χ1v) is 11.2. The lowest BCUT2D eigenvalue weighted by Gasteiger charge is -2.32. The molecular formula is C26H28N2O4. The molecule has 0 spiro atoms. The van der Waals surface area contributed by atoms with Crippen molar-refractivity contribution in [2.24, 2.45) is 5.92 Å². The van der Waals surface area contributed by atoms with Gasteiger partial charge in [-0.05, 0) is 42.7 Å². The van der Waals surface area contributed by atoms with Crippen LogP contribution >= 0.6 is 0 Å². The van der Waals surface area contributed by atoms with Gasteiger partial charge in [-0.2, -0.15) is 0 Å². The number of rotatable bonds is 6. The largest absolute Gasteiger partial charge is 0.493 e. The molecule has 32 heavy (non-hydrogen) atoms. The SMILES string of the molecule is COc1cc2cc(-c3ccc(OC4CCN(C(=O)C5CC5)CC4)cc3)cnc2cc1OC. The molecule has 0 bridgehead atoms. The minimum Gasteiger partial charge on any atom is -0.493 e. The van der Waals surface area contributed by atoms with Gasteiger partial charge in [-0.15, -0.1) is 0 Å². The Morgan fingerprint density at radius 3 is 2.25 bits per heavy atom. The van der Waals surface area contributed by atoms with Crippen molar-refractivity contribution in [1.82, 2.24) is 9.88 Å². The normalized spacial score (nSPS) is 16.8. The number of hydrogen-bond acceptors (Lipinski definition) is 5. The van der Waals surface area contributed by atoms with Crippen molar-refractivity contribution < 1.29 is 19.0 Å². The van der Waals surface area contributed by atoms with Crippen LogP contribution in [0, 0.1) is 5.92 Å². The van der Waals surface area contributed by atoms with E-state index in [-0.39, 0.29) is 6.10 Å². The smallest absolute Gasteiger partial charge is 0.225 e. The average molecular weight is 433 g/mol. The zero-order valence-corrected chi connectivity index (χ0v) is 18.5. The molecule has 0 radical (unpaired) electrons. The number of methoxy groups -OCH3 is 2. The van der Waals surface area contributed by atoms with Gasteiger partial charge in [-0.1, -0.05) is 12.1 Å². The van der Waals surface area contributed by atoms with E-state index in [2.05, 4.69) is 23.2 Å². The molecule has 1 aliphatic carbocycles. The van der Waals surface area contributed by atoms with Crippen molar-refractivity contribution in [1.29, 1.82) is 0 Å². The van der Waals surface area contributed by atoms with Gasteiger partial charge in [0.25, 0.3) is 0 Å². The topological polar surface area (TPSA) is 60.9 Å². The summed E-state index contributed by atoms with van der Waals surface area (Å²) in [5, 5.41) is 0.994. The second kappa shape index (κ2) is 8.69. The highest BCUT2D eigenvalue weighted by Gasteiger charge is 2.35. The Balaban J connectivity index is 1.25. The Hall–Kier alpha value is -3.28. The summed E-state index contributed by atoms with van der Waals surface area (Å²) in [6.07, 6.45) is 5.94. The predicted octanol–water partition coefficient (Wildman–Crippen LogP) is 4.70. The monoisotopic (exact) mass is 432 g/mol. The zero-order chi connectivity index (χ0) is 22.1. The van der Waals surface area contributed by atoms with Crippen LogP contribution in [0.2, 0.25) is 0 Å². The Morgan fingerprint density at radius 1 is 0.906 bits per heavy atom. The Bertz CT molecular complexity index is 1120. The number of aromatic nitrogens is 1. The molecule has 3 aromatic rings. The molecule has 2 heterocycles. The highest BCUT2D eigenvalue weighted by molar-refractivity contribution is 5.86. The second-order valence-electron chi connectivity index (χ2n) is 8.57. The van der Waals surface area contributed by atoms with E-state index in [1.54, 1.807) is 14.2 Å². The number of amides is 1. The standard InChI is InChI=1S/C26H28N2O4/c1-30-24-14-19-13-20(16-27-23(19)15-25(24)31-2)17-5-7-21(8-6-17)32-22-9-11-28(12-10-22)26(29)18-3-4-18/h5-8,13-16,18,22H,3-4,9-12H2,1-2H3. The van der Waals surface area contributed by atoms with Gasteiger partial charge in [0.1, 0.15) is 11.9 Å². The first kappa shape index (κ1) is 20.6. The van der Waals surface area contributed by atoms with Gasteiger partial charge >= 0.3 is 0 Å². The molecule has 1 aliphatic heterocycles. The van der Waals surface area contributed by atoms with Crippen molar-refractivity contribution in [2.45, 2.75) is 31.8 Å². The fourth-order valence-electron chi connectivity index (χ4n) is 4.31. The van der Waals surface area contributed by atoms with Crippen molar-refractivity contribution in [3.63, 3.8) is 0 Å². The van der Waals surface area contributed by atoms with Gasteiger partial charge in [0, 0.05) is 55.1 Å². The Kier molecular flexibility index (Phi) is 5.60. The third-order valence-corrected chi connectivity index (χ3v) is 6.36. The first-order chi connectivity index (χ1) is 15.6. The van der Waals surface area contributed by atoms with E-state index >= 15 is 0 Å². The highest BCUT2D eigenvalue weighted by Crippen LogP contribution is 2.34. The molecule has 1 saturated carbocycles. The molecule has 6 heteroatoms. The van der Waals surface area contributed by atoms with Crippen LogP contribution < -0.4 is 14.2 Å². The number of likely N-dealkylation sites (tertiary alicyclic amines) is 1. The van der Waals surface area contributed by atoms with Crippen molar-refractivity contribution in [3.8, 4) is 28.4 Å². The maximum absolute atomic E-state index is 12.2. The Labute approximate surface area is 188 Å². The summed E-state index contributed by atoms with van der Waals surface area (Å²) in [6, 6.07) is 14.1. The molecule has 166 valence electrons. The van der Waals surface area contributed by atoms with E-state index in [1.165, 1.54) is 0 Å². The highest BCUT2D eigenvalue weighted by atomic mass is 16.5. The first-order valence-electron chi connectivity index (χ1n) is 11.2. The van der Waals surface area contributed by atoms with E-state index in [4.69, 9.17) is 14.2 Å². The number of hydrogen-bond donors (Lipinski definition) is 0. The number of nitrogens with zero attached hydrogens (tertiary/aromatic N) is 2. The summed E-state index contributed by atoms with van der Waals surface area (Å²) >= 11 is 0. The minimum absolute atomic E-state index is 0.161. The van der Waals surface area contributed by atoms with Gasteiger partial charge < -0.3 is 19.1 Å². The van der Waals surface area contributed by atoms with Crippen LogP contribution in [0.5, 0.6) is 17.2 Å². The quantitative estimate of drug-likeness (QED) is 0.565. The van der Waals surface area contributed by atoms with Gasteiger partial charge in [-0.25, -0.2) is 0 Å². The molecule has 0 unspecified atom stereocenters. The fraction of sp³-hybridized carbons (Fsp3) is 0.385. The lowest BCUT2D eigenvalue weighted by molar-refractivity contribution is -0.134. The maximum Gasteiger partial charge on any atom is 0.225 e. The number of carbonyl (C=O) groups excluding carboxylic acids is 1. The summed E-state index contributed by atoms with van der Waals surface area (Å²) in [5.41, 5.74) is 2.97. The van der Waals surface area contributed by atoms with Gasteiger partial charge in [-0.3, -0.25) is 9.78 Å². The molecule has 2 aromatic carbocycles. The molecular weight excluding hydrogens is 404 g/mol. The number of benzene rings is 2. The van der Waals surface area contributed by atoms with Crippen LogP contribution in [0.25, 0.3) is 22.0 Å². The van der Waals surface area contributed by atoms with Crippen molar-refractivity contribution >= 4 is 16.8 Å². The van der Waals surface area contributed by atoms with E-state index in [1.807, 2.05) is 35.4 Å². The maximum atomic E-state index is 12.2. The van der Waals surface area contributed by atoms with Gasteiger partial charge in [0.15, 0.2) is 11.5 Å². The van der Waals surface area contributed by atoms with Gasteiger partial charge in [0.2, 0.25) is 5.91 Å².